The molecule has 0 saturated carbocycles. The Kier molecular flexibility index (Phi) is 6.10. The standard InChI is InChI=1S/C16H16BrN3O3/c1-18-16(21)15(20-22-2)12-7-4-3-6-11(12)10-23-14-9-5-8-13(17)19-14/h3-9H,10H2,1-2H3,(H,18,21)/b20-15+. The number of aromatic nitrogens is 1. The van der Waals surface area contributed by atoms with Crippen molar-refractivity contribution in [2.24, 2.45) is 5.16 Å². The highest BCUT2D eigenvalue weighted by atomic mass is 79.9. The van der Waals surface area contributed by atoms with Crippen molar-refractivity contribution in [2.75, 3.05) is 14.2 Å². The number of carbonyl (C=O) groups is 1. The van der Waals surface area contributed by atoms with E-state index in [1.807, 2.05) is 30.3 Å². The number of hydrogen-bond donors (Lipinski definition) is 1. The molecule has 6 nitrogen and oxygen atoms in total. The zero-order valence-electron chi connectivity index (χ0n) is 12.7. The topological polar surface area (TPSA) is 72.8 Å². The lowest BCUT2D eigenvalue weighted by molar-refractivity contribution is -0.114. The molecule has 1 N–H and O–H groups in total. The first-order chi connectivity index (χ1) is 11.2. The van der Waals surface area contributed by atoms with Gasteiger partial charge in [0.15, 0.2) is 5.71 Å². The summed E-state index contributed by atoms with van der Waals surface area (Å²) in [6.45, 7) is 0.249. The van der Waals surface area contributed by atoms with Crippen molar-refractivity contribution in [1.82, 2.24) is 10.3 Å². The van der Waals surface area contributed by atoms with Gasteiger partial charge in [-0.25, -0.2) is 4.98 Å². The highest BCUT2D eigenvalue weighted by Crippen LogP contribution is 2.16. The molecule has 0 fully saturated rings. The van der Waals surface area contributed by atoms with Crippen LogP contribution in [-0.2, 0) is 16.2 Å². The minimum Gasteiger partial charge on any atom is -0.473 e. The Bertz CT molecular complexity index is 719. The van der Waals surface area contributed by atoms with Gasteiger partial charge in [-0.05, 0) is 27.6 Å². The highest BCUT2D eigenvalue weighted by molar-refractivity contribution is 9.10. The summed E-state index contributed by atoms with van der Waals surface area (Å²) in [5, 5.41) is 6.37. The SMILES string of the molecule is CNC(=O)/C(=N/OC)c1ccccc1COc1cccc(Br)n1. The molecule has 0 spiro atoms. The molecule has 1 aromatic heterocycles. The van der Waals surface area contributed by atoms with Crippen LogP contribution in [-0.4, -0.2) is 30.8 Å². The van der Waals surface area contributed by atoms with Gasteiger partial charge in [0.1, 0.15) is 18.3 Å². The van der Waals surface area contributed by atoms with Gasteiger partial charge < -0.3 is 14.9 Å². The average Bonchev–Trinajstić information content (AvgIpc) is 2.58. The van der Waals surface area contributed by atoms with Crippen LogP contribution in [0.2, 0.25) is 0 Å². The molecule has 0 aliphatic carbocycles. The van der Waals surface area contributed by atoms with Crippen molar-refractivity contribution < 1.29 is 14.4 Å². The third kappa shape index (κ3) is 4.53. The second kappa shape index (κ2) is 8.28. The summed E-state index contributed by atoms with van der Waals surface area (Å²) in [5.74, 6) is 0.152. The molecule has 0 unspecified atom stereocenters. The highest BCUT2D eigenvalue weighted by Gasteiger charge is 2.17. The van der Waals surface area contributed by atoms with Crippen LogP contribution in [0, 0.1) is 0 Å². The van der Waals surface area contributed by atoms with Crippen LogP contribution in [0.4, 0.5) is 0 Å². The van der Waals surface area contributed by atoms with Crippen LogP contribution in [0.1, 0.15) is 11.1 Å². The predicted molar refractivity (Wildman–Crippen MR) is 90.3 cm³/mol. The Labute approximate surface area is 142 Å². The summed E-state index contributed by atoms with van der Waals surface area (Å²) in [7, 11) is 2.94. The predicted octanol–water partition coefficient (Wildman–Crippen LogP) is 2.52. The molecule has 120 valence electrons. The molecule has 23 heavy (non-hydrogen) atoms. The number of nitrogens with zero attached hydrogens (tertiary/aromatic N) is 2. The molecule has 0 bridgehead atoms. The lowest BCUT2D eigenvalue weighted by atomic mass is 10.0. The number of amides is 1. The number of ether oxygens (including phenoxy) is 1. The van der Waals surface area contributed by atoms with Gasteiger partial charge in [-0.2, -0.15) is 0 Å². The van der Waals surface area contributed by atoms with E-state index in [0.717, 1.165) is 5.56 Å². The third-order valence-electron chi connectivity index (χ3n) is 2.96. The van der Waals surface area contributed by atoms with Crippen LogP contribution >= 0.6 is 15.9 Å². The van der Waals surface area contributed by atoms with Crippen LogP contribution in [0.15, 0.2) is 52.2 Å². The number of oxime groups is 1. The lowest BCUT2D eigenvalue weighted by Gasteiger charge is -2.11. The fraction of sp³-hybridized carbons (Fsp3) is 0.188. The number of halogens is 1. The molecule has 1 amide bonds. The molecule has 0 aliphatic heterocycles. The smallest absolute Gasteiger partial charge is 0.273 e. The van der Waals surface area contributed by atoms with Gasteiger partial charge in [-0.3, -0.25) is 4.79 Å². The maximum atomic E-state index is 12.0. The van der Waals surface area contributed by atoms with E-state index in [4.69, 9.17) is 9.57 Å². The van der Waals surface area contributed by atoms with Gasteiger partial charge in [-0.15, -0.1) is 0 Å². The molecule has 0 saturated heterocycles. The van der Waals surface area contributed by atoms with E-state index >= 15 is 0 Å². The van der Waals surface area contributed by atoms with Gasteiger partial charge >= 0.3 is 0 Å². The van der Waals surface area contributed by atoms with Crippen molar-refractivity contribution in [3.63, 3.8) is 0 Å². The molecule has 0 aliphatic rings. The zero-order valence-corrected chi connectivity index (χ0v) is 14.3. The second-order valence-electron chi connectivity index (χ2n) is 4.45. The maximum Gasteiger partial charge on any atom is 0.273 e. The summed E-state index contributed by atoms with van der Waals surface area (Å²) in [6.07, 6.45) is 0. The molecule has 7 heteroatoms. The first-order valence-electron chi connectivity index (χ1n) is 6.82. The zero-order chi connectivity index (χ0) is 16.7. The van der Waals surface area contributed by atoms with Gasteiger partial charge in [0.05, 0.1) is 0 Å². The van der Waals surface area contributed by atoms with Crippen molar-refractivity contribution in [3.8, 4) is 5.88 Å². The van der Waals surface area contributed by atoms with Crippen molar-refractivity contribution in [2.45, 2.75) is 6.61 Å². The summed E-state index contributed by atoms with van der Waals surface area (Å²) in [5.41, 5.74) is 1.63. The van der Waals surface area contributed by atoms with Crippen LogP contribution < -0.4 is 10.1 Å². The van der Waals surface area contributed by atoms with E-state index in [1.54, 1.807) is 12.1 Å². The van der Waals surface area contributed by atoms with E-state index in [9.17, 15) is 4.79 Å². The van der Waals surface area contributed by atoms with E-state index in [0.29, 0.717) is 16.0 Å². The Morgan fingerprint density at radius 3 is 2.74 bits per heavy atom. The summed E-state index contributed by atoms with van der Waals surface area (Å²) >= 11 is 3.30. The Morgan fingerprint density at radius 1 is 1.26 bits per heavy atom. The largest absolute Gasteiger partial charge is 0.473 e. The van der Waals surface area contributed by atoms with E-state index in [-0.39, 0.29) is 18.2 Å². The molecule has 0 radical (unpaired) electrons. The number of benzene rings is 1. The Balaban J connectivity index is 2.26. The Morgan fingerprint density at radius 2 is 2.04 bits per heavy atom. The van der Waals surface area contributed by atoms with E-state index < -0.39 is 0 Å². The van der Waals surface area contributed by atoms with Crippen LogP contribution in [0.5, 0.6) is 5.88 Å². The van der Waals surface area contributed by atoms with Gasteiger partial charge in [0.25, 0.3) is 5.91 Å². The number of hydrogen-bond acceptors (Lipinski definition) is 5. The summed E-state index contributed by atoms with van der Waals surface area (Å²) in [4.78, 5) is 21.0. The second-order valence-corrected chi connectivity index (χ2v) is 5.26. The van der Waals surface area contributed by atoms with Crippen LogP contribution in [0.3, 0.4) is 0 Å². The monoisotopic (exact) mass is 377 g/mol. The quantitative estimate of drug-likeness (QED) is 0.476. The minimum absolute atomic E-state index is 0.191. The van der Waals surface area contributed by atoms with E-state index in [2.05, 4.69) is 31.4 Å². The lowest BCUT2D eigenvalue weighted by Crippen LogP contribution is -2.29. The maximum absolute atomic E-state index is 12.0. The van der Waals surface area contributed by atoms with Crippen molar-refractivity contribution in [3.05, 3.63) is 58.2 Å². The molecular weight excluding hydrogens is 362 g/mol. The number of nitrogens with one attached hydrogen (secondary N) is 1. The molecule has 1 heterocycles. The first kappa shape index (κ1) is 17.0. The van der Waals surface area contributed by atoms with Crippen molar-refractivity contribution >= 4 is 27.5 Å². The fourth-order valence-corrected chi connectivity index (χ4v) is 2.25. The van der Waals surface area contributed by atoms with Gasteiger partial charge in [-0.1, -0.05) is 35.5 Å². The van der Waals surface area contributed by atoms with Crippen molar-refractivity contribution in [1.29, 1.82) is 0 Å². The van der Waals surface area contributed by atoms with Gasteiger partial charge in [0, 0.05) is 18.7 Å². The van der Waals surface area contributed by atoms with Crippen LogP contribution in [0.25, 0.3) is 0 Å². The average molecular weight is 378 g/mol. The first-order valence-corrected chi connectivity index (χ1v) is 7.62. The summed E-state index contributed by atoms with van der Waals surface area (Å²) in [6, 6.07) is 12.8. The number of pyridine rings is 1. The minimum atomic E-state index is -0.333. The molecule has 2 aromatic rings. The van der Waals surface area contributed by atoms with E-state index in [1.165, 1.54) is 14.2 Å². The fourth-order valence-electron chi connectivity index (χ4n) is 1.92. The third-order valence-corrected chi connectivity index (χ3v) is 3.40. The molecule has 1 aromatic carbocycles. The molecular formula is C16H16BrN3O3. The van der Waals surface area contributed by atoms with Gasteiger partial charge in [0.2, 0.25) is 5.88 Å². The summed E-state index contributed by atoms with van der Waals surface area (Å²) < 4.78 is 6.38. The number of rotatable bonds is 6. The molecule has 2 rings (SSSR count). The number of likely N-dealkylation sites (N-methyl/N-ethyl adjacent to an activating group) is 1. The molecule has 0 atom stereocenters. The normalized spacial score (nSPS) is 11.0. The number of carbonyl (C=O) groups excluding carboxylic acids is 1. The Hall–Kier alpha value is -2.41.